The summed E-state index contributed by atoms with van der Waals surface area (Å²) in [4.78, 5) is 11.5. The van der Waals surface area contributed by atoms with E-state index in [0.29, 0.717) is 0 Å². The maximum atomic E-state index is 5.99. The molecule has 0 aliphatic carbocycles. The van der Waals surface area contributed by atoms with Gasteiger partial charge in [0.1, 0.15) is 11.9 Å². The first-order valence-corrected chi connectivity index (χ1v) is 9.80. The Morgan fingerprint density at radius 2 is 1.96 bits per heavy atom. The lowest BCUT2D eigenvalue weighted by atomic mass is 10.1. The molecule has 3 heterocycles. The molecule has 0 radical (unpaired) electrons. The molecule has 0 bridgehead atoms. The predicted octanol–water partition coefficient (Wildman–Crippen LogP) is 4.14. The number of morpholine rings is 1. The molecule has 2 aromatic heterocycles. The molecule has 1 N–H and O–H groups in total. The van der Waals surface area contributed by atoms with Crippen LogP contribution in [0.4, 0.5) is 11.5 Å². The monoisotopic (exact) mass is 374 g/mol. The SMILES string of the molecule is Cc1cccnc1Nc1ccc([C@H]2CN(CCc3ccccc3)CCO2)nc1. The van der Waals surface area contributed by atoms with Gasteiger partial charge in [-0.25, -0.2) is 4.98 Å². The highest BCUT2D eigenvalue weighted by Gasteiger charge is 2.22. The summed E-state index contributed by atoms with van der Waals surface area (Å²) >= 11 is 0. The van der Waals surface area contributed by atoms with Crippen molar-refractivity contribution in [2.45, 2.75) is 19.4 Å². The molecule has 0 amide bonds. The Morgan fingerprint density at radius 1 is 1.07 bits per heavy atom. The van der Waals surface area contributed by atoms with E-state index in [0.717, 1.165) is 55.4 Å². The van der Waals surface area contributed by atoms with Crippen molar-refractivity contribution in [2.75, 3.05) is 31.6 Å². The number of aromatic nitrogens is 2. The van der Waals surface area contributed by atoms with Gasteiger partial charge in [-0.15, -0.1) is 0 Å². The van der Waals surface area contributed by atoms with Crippen LogP contribution in [0.15, 0.2) is 67.0 Å². The van der Waals surface area contributed by atoms with Gasteiger partial charge in [-0.05, 0) is 42.7 Å². The highest BCUT2D eigenvalue weighted by Crippen LogP contribution is 2.23. The molecule has 28 heavy (non-hydrogen) atoms. The van der Waals surface area contributed by atoms with Crippen molar-refractivity contribution < 1.29 is 4.74 Å². The van der Waals surface area contributed by atoms with Crippen molar-refractivity contribution in [3.8, 4) is 0 Å². The topological polar surface area (TPSA) is 50.3 Å². The summed E-state index contributed by atoms with van der Waals surface area (Å²) < 4.78 is 5.99. The number of hydrogen-bond donors (Lipinski definition) is 1. The number of hydrogen-bond acceptors (Lipinski definition) is 5. The lowest BCUT2D eigenvalue weighted by Crippen LogP contribution is -2.39. The van der Waals surface area contributed by atoms with E-state index < -0.39 is 0 Å². The minimum absolute atomic E-state index is 0.0233. The number of nitrogens with zero attached hydrogens (tertiary/aromatic N) is 3. The first kappa shape index (κ1) is 18.6. The summed E-state index contributed by atoms with van der Waals surface area (Å²) in [6, 6.07) is 18.7. The third kappa shape index (κ3) is 4.74. The van der Waals surface area contributed by atoms with Gasteiger partial charge in [-0.1, -0.05) is 36.4 Å². The van der Waals surface area contributed by atoms with E-state index in [2.05, 4.69) is 50.5 Å². The van der Waals surface area contributed by atoms with Crippen LogP contribution in [0.5, 0.6) is 0 Å². The van der Waals surface area contributed by atoms with Gasteiger partial charge in [0.15, 0.2) is 0 Å². The molecule has 1 saturated heterocycles. The van der Waals surface area contributed by atoms with Gasteiger partial charge in [0.2, 0.25) is 0 Å². The molecule has 1 atom stereocenters. The number of aryl methyl sites for hydroxylation is 1. The summed E-state index contributed by atoms with van der Waals surface area (Å²) in [7, 11) is 0. The Hall–Kier alpha value is -2.76. The van der Waals surface area contributed by atoms with Crippen LogP contribution in [0.2, 0.25) is 0 Å². The molecule has 1 aliphatic rings. The zero-order valence-electron chi connectivity index (χ0n) is 16.2. The van der Waals surface area contributed by atoms with Crippen molar-refractivity contribution in [1.29, 1.82) is 0 Å². The minimum Gasteiger partial charge on any atom is -0.369 e. The fourth-order valence-electron chi connectivity index (χ4n) is 3.44. The minimum atomic E-state index is 0.0233. The molecule has 0 spiro atoms. The fourth-order valence-corrected chi connectivity index (χ4v) is 3.44. The van der Waals surface area contributed by atoms with Crippen LogP contribution in [0, 0.1) is 6.92 Å². The van der Waals surface area contributed by atoms with E-state index in [9.17, 15) is 0 Å². The summed E-state index contributed by atoms with van der Waals surface area (Å²) in [5.74, 6) is 0.859. The van der Waals surface area contributed by atoms with E-state index in [-0.39, 0.29) is 6.10 Å². The highest BCUT2D eigenvalue weighted by atomic mass is 16.5. The first-order chi connectivity index (χ1) is 13.8. The van der Waals surface area contributed by atoms with E-state index in [4.69, 9.17) is 4.74 Å². The third-order valence-electron chi connectivity index (χ3n) is 5.10. The Morgan fingerprint density at radius 3 is 2.75 bits per heavy atom. The van der Waals surface area contributed by atoms with Crippen LogP contribution < -0.4 is 5.32 Å². The zero-order chi connectivity index (χ0) is 19.2. The molecule has 144 valence electrons. The van der Waals surface area contributed by atoms with Gasteiger partial charge < -0.3 is 10.1 Å². The van der Waals surface area contributed by atoms with Gasteiger partial charge in [0, 0.05) is 25.8 Å². The van der Waals surface area contributed by atoms with Crippen molar-refractivity contribution in [3.63, 3.8) is 0 Å². The van der Waals surface area contributed by atoms with E-state index in [1.165, 1.54) is 5.56 Å². The van der Waals surface area contributed by atoms with Gasteiger partial charge in [-0.3, -0.25) is 9.88 Å². The normalized spacial score (nSPS) is 17.4. The van der Waals surface area contributed by atoms with E-state index in [1.807, 2.05) is 37.4 Å². The molecule has 1 fully saturated rings. The molecule has 4 rings (SSSR count). The number of benzene rings is 1. The van der Waals surface area contributed by atoms with Crippen LogP contribution in [0.3, 0.4) is 0 Å². The van der Waals surface area contributed by atoms with Gasteiger partial charge in [0.05, 0.1) is 24.2 Å². The molecule has 0 unspecified atom stereocenters. The Labute approximate surface area is 166 Å². The zero-order valence-corrected chi connectivity index (χ0v) is 16.2. The number of rotatable bonds is 6. The van der Waals surface area contributed by atoms with E-state index in [1.54, 1.807) is 6.20 Å². The Balaban J connectivity index is 1.35. The lowest BCUT2D eigenvalue weighted by molar-refractivity contribution is -0.0316. The standard InChI is InChI=1S/C23H26N4O/c1-18-6-5-12-24-23(18)26-20-9-10-21(25-16-20)22-17-27(14-15-28-22)13-11-19-7-3-2-4-8-19/h2-10,12,16,22H,11,13-15,17H2,1H3,(H,24,26)/t22-/m1/s1. The predicted molar refractivity (Wildman–Crippen MR) is 112 cm³/mol. The second kappa shape index (κ2) is 8.95. The third-order valence-corrected chi connectivity index (χ3v) is 5.10. The average Bonchev–Trinajstić information content (AvgIpc) is 2.75. The van der Waals surface area contributed by atoms with Crippen molar-refractivity contribution >= 4 is 11.5 Å². The fraction of sp³-hybridized carbons (Fsp3) is 0.304. The first-order valence-electron chi connectivity index (χ1n) is 9.80. The molecular weight excluding hydrogens is 348 g/mol. The smallest absolute Gasteiger partial charge is 0.133 e. The van der Waals surface area contributed by atoms with Crippen LogP contribution >= 0.6 is 0 Å². The van der Waals surface area contributed by atoms with Gasteiger partial charge in [0.25, 0.3) is 0 Å². The number of pyridine rings is 2. The molecule has 3 aromatic rings. The van der Waals surface area contributed by atoms with E-state index >= 15 is 0 Å². The van der Waals surface area contributed by atoms with Crippen LogP contribution in [0.1, 0.15) is 22.9 Å². The molecule has 5 heteroatoms. The van der Waals surface area contributed by atoms with Gasteiger partial charge in [-0.2, -0.15) is 0 Å². The number of anilines is 2. The lowest BCUT2D eigenvalue weighted by Gasteiger charge is -2.32. The van der Waals surface area contributed by atoms with Crippen LogP contribution in [-0.4, -0.2) is 41.1 Å². The molecule has 5 nitrogen and oxygen atoms in total. The summed E-state index contributed by atoms with van der Waals surface area (Å²) in [5, 5.41) is 3.32. The summed E-state index contributed by atoms with van der Waals surface area (Å²) in [6.45, 7) is 5.68. The molecule has 0 saturated carbocycles. The number of ether oxygens (including phenoxy) is 1. The summed E-state index contributed by atoms with van der Waals surface area (Å²) in [5.41, 5.74) is 4.40. The van der Waals surface area contributed by atoms with Crippen molar-refractivity contribution in [3.05, 3.63) is 83.8 Å². The van der Waals surface area contributed by atoms with Crippen molar-refractivity contribution in [1.82, 2.24) is 14.9 Å². The van der Waals surface area contributed by atoms with Crippen LogP contribution in [0.25, 0.3) is 0 Å². The maximum Gasteiger partial charge on any atom is 0.133 e. The molecular formula is C23H26N4O. The largest absolute Gasteiger partial charge is 0.369 e. The van der Waals surface area contributed by atoms with Crippen molar-refractivity contribution in [2.24, 2.45) is 0 Å². The number of nitrogens with one attached hydrogen (secondary N) is 1. The summed E-state index contributed by atoms with van der Waals surface area (Å²) in [6.07, 6.45) is 4.73. The molecule has 1 aromatic carbocycles. The Bertz CT molecular complexity index is 883. The maximum absolute atomic E-state index is 5.99. The quantitative estimate of drug-likeness (QED) is 0.703. The van der Waals surface area contributed by atoms with Gasteiger partial charge >= 0.3 is 0 Å². The Kier molecular flexibility index (Phi) is 5.95. The van der Waals surface area contributed by atoms with Crippen LogP contribution in [-0.2, 0) is 11.2 Å². The second-order valence-electron chi connectivity index (χ2n) is 7.16. The highest BCUT2D eigenvalue weighted by molar-refractivity contribution is 5.57. The second-order valence-corrected chi connectivity index (χ2v) is 7.16. The molecule has 1 aliphatic heterocycles. The average molecular weight is 374 g/mol.